The first-order chi connectivity index (χ1) is 7.50. The highest BCUT2D eigenvalue weighted by Crippen LogP contribution is 2.08. The van der Waals surface area contributed by atoms with E-state index in [1.54, 1.807) is 17.5 Å². The molecule has 0 aliphatic heterocycles. The predicted molar refractivity (Wildman–Crippen MR) is 57.0 cm³/mol. The van der Waals surface area contributed by atoms with Gasteiger partial charge in [0.15, 0.2) is 0 Å². The molecule has 0 aliphatic carbocycles. The van der Waals surface area contributed by atoms with Crippen molar-refractivity contribution in [3.05, 3.63) is 22.4 Å². The number of carboxylic acids is 1. The van der Waals surface area contributed by atoms with E-state index in [0.29, 0.717) is 4.88 Å². The molecule has 0 unspecified atom stereocenters. The Balaban J connectivity index is 2.65. The second-order valence-electron chi connectivity index (χ2n) is 3.01. The third-order valence-electron chi connectivity index (χ3n) is 1.75. The molecule has 0 saturated carbocycles. The second kappa shape index (κ2) is 5.26. The van der Waals surface area contributed by atoms with Crippen LogP contribution in [0.5, 0.6) is 0 Å². The minimum Gasteiger partial charge on any atom is -0.480 e. The van der Waals surface area contributed by atoms with E-state index in [0.717, 1.165) is 0 Å². The fourth-order valence-electron chi connectivity index (χ4n) is 1.04. The summed E-state index contributed by atoms with van der Waals surface area (Å²) >= 11 is 1.18. The van der Waals surface area contributed by atoms with Crippen molar-refractivity contribution in [3.63, 3.8) is 0 Å². The quantitative estimate of drug-likeness (QED) is 0.664. The van der Waals surface area contributed by atoms with Crippen molar-refractivity contribution in [2.24, 2.45) is 5.73 Å². The molecule has 1 atom stereocenters. The van der Waals surface area contributed by atoms with Gasteiger partial charge < -0.3 is 16.2 Å². The summed E-state index contributed by atoms with van der Waals surface area (Å²) in [6.45, 7) is 0. The maximum absolute atomic E-state index is 11.5. The number of primary amides is 1. The van der Waals surface area contributed by atoms with Crippen LogP contribution in [-0.2, 0) is 9.59 Å². The summed E-state index contributed by atoms with van der Waals surface area (Å²) < 4.78 is 0. The number of carboxylic acid groups (broad SMARTS) is 1. The molecule has 0 saturated heterocycles. The number of aliphatic carboxylic acids is 1. The van der Waals surface area contributed by atoms with Crippen molar-refractivity contribution in [2.75, 3.05) is 0 Å². The number of hydrogen-bond donors (Lipinski definition) is 3. The van der Waals surface area contributed by atoms with Gasteiger partial charge in [0.25, 0.3) is 5.91 Å². The van der Waals surface area contributed by atoms with Crippen LogP contribution in [0.25, 0.3) is 0 Å². The first-order valence-electron chi connectivity index (χ1n) is 4.36. The zero-order valence-electron chi connectivity index (χ0n) is 8.17. The minimum atomic E-state index is -1.29. The van der Waals surface area contributed by atoms with Crippen LogP contribution in [0.4, 0.5) is 0 Å². The Kier molecular flexibility index (Phi) is 4.01. The van der Waals surface area contributed by atoms with Crippen LogP contribution in [0.2, 0.25) is 0 Å². The maximum Gasteiger partial charge on any atom is 0.326 e. The first kappa shape index (κ1) is 12.2. The molecule has 0 radical (unpaired) electrons. The summed E-state index contributed by atoms with van der Waals surface area (Å²) in [4.78, 5) is 33.2. The number of nitrogens with two attached hydrogens (primary N) is 1. The predicted octanol–water partition coefficient (Wildman–Crippen LogP) is -0.194. The molecule has 0 spiro atoms. The number of thiophene rings is 1. The Bertz CT molecular complexity index is 402. The molecular formula is C9H10N2O4S. The number of hydrogen-bond acceptors (Lipinski definition) is 4. The summed E-state index contributed by atoms with van der Waals surface area (Å²) in [5, 5.41) is 12.7. The summed E-state index contributed by atoms with van der Waals surface area (Å²) in [6, 6.07) is 1.94. The van der Waals surface area contributed by atoms with Crippen LogP contribution in [-0.4, -0.2) is 28.9 Å². The molecule has 1 aromatic heterocycles. The van der Waals surface area contributed by atoms with Gasteiger partial charge in [-0.2, -0.15) is 0 Å². The largest absolute Gasteiger partial charge is 0.480 e. The standard InChI is InChI=1S/C9H10N2O4S/c10-7(12)4-5(9(14)15)11-8(13)6-2-1-3-16-6/h1-3,5H,4H2,(H2,10,12)(H,11,13)(H,14,15)/t5-/m0/s1. The molecule has 1 rings (SSSR count). The Morgan fingerprint density at radius 2 is 2.19 bits per heavy atom. The lowest BCUT2D eigenvalue weighted by molar-refractivity contribution is -0.140. The van der Waals surface area contributed by atoms with Gasteiger partial charge in [0.05, 0.1) is 11.3 Å². The Morgan fingerprint density at radius 1 is 1.50 bits per heavy atom. The third-order valence-corrected chi connectivity index (χ3v) is 2.62. The fourth-order valence-corrected chi connectivity index (χ4v) is 1.67. The van der Waals surface area contributed by atoms with Gasteiger partial charge in [-0.05, 0) is 11.4 Å². The van der Waals surface area contributed by atoms with Crippen molar-refractivity contribution < 1.29 is 19.5 Å². The van der Waals surface area contributed by atoms with E-state index < -0.39 is 30.2 Å². The zero-order chi connectivity index (χ0) is 12.1. The maximum atomic E-state index is 11.5. The average molecular weight is 242 g/mol. The molecule has 7 heteroatoms. The number of nitrogens with one attached hydrogen (secondary N) is 1. The molecular weight excluding hydrogens is 232 g/mol. The van der Waals surface area contributed by atoms with Crippen molar-refractivity contribution in [3.8, 4) is 0 Å². The summed E-state index contributed by atoms with van der Waals surface area (Å²) in [6.07, 6.45) is -0.424. The van der Waals surface area contributed by atoms with Gasteiger partial charge in [0.2, 0.25) is 5.91 Å². The Hall–Kier alpha value is -1.89. The number of carbonyl (C=O) groups excluding carboxylic acids is 2. The van der Waals surface area contributed by atoms with Gasteiger partial charge >= 0.3 is 5.97 Å². The highest BCUT2D eigenvalue weighted by Gasteiger charge is 2.22. The lowest BCUT2D eigenvalue weighted by Crippen LogP contribution is -2.43. The van der Waals surface area contributed by atoms with Crippen molar-refractivity contribution >= 4 is 29.1 Å². The van der Waals surface area contributed by atoms with E-state index in [4.69, 9.17) is 10.8 Å². The van der Waals surface area contributed by atoms with Crippen molar-refractivity contribution in [1.82, 2.24) is 5.32 Å². The molecule has 16 heavy (non-hydrogen) atoms. The molecule has 1 aromatic rings. The lowest BCUT2D eigenvalue weighted by Gasteiger charge is -2.11. The lowest BCUT2D eigenvalue weighted by atomic mass is 10.2. The van der Waals surface area contributed by atoms with Gasteiger partial charge in [-0.15, -0.1) is 11.3 Å². The van der Waals surface area contributed by atoms with Gasteiger partial charge in [-0.25, -0.2) is 4.79 Å². The monoisotopic (exact) mass is 242 g/mol. The van der Waals surface area contributed by atoms with Gasteiger partial charge in [-0.3, -0.25) is 9.59 Å². The van der Waals surface area contributed by atoms with Crippen LogP contribution < -0.4 is 11.1 Å². The molecule has 0 aliphatic rings. The van der Waals surface area contributed by atoms with Crippen LogP contribution in [0.1, 0.15) is 16.1 Å². The third kappa shape index (κ3) is 3.35. The fraction of sp³-hybridized carbons (Fsp3) is 0.222. The summed E-state index contributed by atoms with van der Waals surface area (Å²) in [5.74, 6) is -2.59. The summed E-state index contributed by atoms with van der Waals surface area (Å²) in [5.41, 5.74) is 4.87. The minimum absolute atomic E-state index is 0.385. The smallest absolute Gasteiger partial charge is 0.326 e. The Morgan fingerprint density at radius 3 is 2.62 bits per heavy atom. The second-order valence-corrected chi connectivity index (χ2v) is 3.96. The summed E-state index contributed by atoms with van der Waals surface area (Å²) in [7, 11) is 0. The van der Waals surface area contributed by atoms with Crippen LogP contribution in [0.3, 0.4) is 0 Å². The molecule has 2 amide bonds. The zero-order valence-corrected chi connectivity index (χ0v) is 8.99. The van der Waals surface area contributed by atoms with Gasteiger partial charge in [0.1, 0.15) is 6.04 Å². The van der Waals surface area contributed by atoms with Crippen molar-refractivity contribution in [2.45, 2.75) is 12.5 Å². The van der Waals surface area contributed by atoms with E-state index in [2.05, 4.69) is 5.32 Å². The van der Waals surface area contributed by atoms with Gasteiger partial charge in [-0.1, -0.05) is 6.07 Å². The Labute approximate surface area is 95.1 Å². The highest BCUT2D eigenvalue weighted by molar-refractivity contribution is 7.12. The average Bonchev–Trinajstić information content (AvgIpc) is 2.68. The highest BCUT2D eigenvalue weighted by atomic mass is 32.1. The van der Waals surface area contributed by atoms with Crippen molar-refractivity contribution in [1.29, 1.82) is 0 Å². The number of amides is 2. The normalized spacial score (nSPS) is 11.8. The van der Waals surface area contributed by atoms with E-state index in [1.807, 2.05) is 0 Å². The van der Waals surface area contributed by atoms with E-state index in [9.17, 15) is 14.4 Å². The van der Waals surface area contributed by atoms with E-state index in [-0.39, 0.29) is 0 Å². The number of rotatable bonds is 5. The molecule has 0 fully saturated rings. The topological polar surface area (TPSA) is 109 Å². The molecule has 1 heterocycles. The molecule has 0 aromatic carbocycles. The van der Waals surface area contributed by atoms with Gasteiger partial charge in [0, 0.05) is 0 Å². The molecule has 86 valence electrons. The molecule has 6 nitrogen and oxygen atoms in total. The van der Waals surface area contributed by atoms with Crippen LogP contribution in [0, 0.1) is 0 Å². The SMILES string of the molecule is NC(=O)C[C@H](NC(=O)c1cccs1)C(=O)O. The van der Waals surface area contributed by atoms with Crippen LogP contribution in [0.15, 0.2) is 17.5 Å². The molecule has 0 bridgehead atoms. The van der Waals surface area contributed by atoms with E-state index >= 15 is 0 Å². The first-order valence-corrected chi connectivity index (χ1v) is 5.24. The van der Waals surface area contributed by atoms with Crippen LogP contribution >= 0.6 is 11.3 Å². The molecule has 4 N–H and O–H groups in total. The number of carbonyl (C=O) groups is 3. The van der Waals surface area contributed by atoms with E-state index in [1.165, 1.54) is 11.3 Å².